The largest absolute Gasteiger partial charge is 0.496 e. The molecule has 1 atom stereocenters. The van der Waals surface area contributed by atoms with E-state index in [0.717, 1.165) is 28.3 Å². The quantitative estimate of drug-likeness (QED) is 0.658. The summed E-state index contributed by atoms with van der Waals surface area (Å²) in [5.41, 5.74) is 6.93. The molecule has 1 heterocycles. The molecule has 112 valence electrons. The Morgan fingerprint density at radius 1 is 1.24 bits per heavy atom. The summed E-state index contributed by atoms with van der Waals surface area (Å²) in [5.74, 6) is 6.55. The van der Waals surface area contributed by atoms with E-state index in [-0.39, 0.29) is 6.04 Å². The minimum Gasteiger partial charge on any atom is -0.496 e. The van der Waals surface area contributed by atoms with Crippen LogP contribution in [0.15, 0.2) is 30.3 Å². The summed E-state index contributed by atoms with van der Waals surface area (Å²) in [6.45, 7) is 3.95. The molecular formula is C16H20ClN3O. The number of halogens is 1. The maximum absolute atomic E-state index is 6.08. The number of nitrogens with one attached hydrogen (secondary N) is 1. The predicted molar refractivity (Wildman–Crippen MR) is 85.5 cm³/mol. The van der Waals surface area contributed by atoms with E-state index in [0.29, 0.717) is 11.4 Å². The monoisotopic (exact) mass is 305 g/mol. The number of aryl methyl sites for hydroxylation is 2. The van der Waals surface area contributed by atoms with E-state index in [4.69, 9.17) is 22.2 Å². The summed E-state index contributed by atoms with van der Waals surface area (Å²) in [6, 6.07) is 9.64. The number of pyridine rings is 1. The minimum atomic E-state index is -0.0298. The van der Waals surface area contributed by atoms with Crippen LogP contribution in [0.5, 0.6) is 5.75 Å². The molecule has 0 saturated carbocycles. The lowest BCUT2D eigenvalue weighted by molar-refractivity contribution is 0.405. The molecule has 2 rings (SSSR count). The third kappa shape index (κ3) is 3.94. The van der Waals surface area contributed by atoms with E-state index in [2.05, 4.69) is 10.4 Å². The van der Waals surface area contributed by atoms with Crippen LogP contribution in [0.2, 0.25) is 5.02 Å². The van der Waals surface area contributed by atoms with Gasteiger partial charge in [0.2, 0.25) is 0 Å². The van der Waals surface area contributed by atoms with Crippen molar-refractivity contribution in [3.05, 3.63) is 57.9 Å². The van der Waals surface area contributed by atoms with Crippen LogP contribution in [-0.2, 0) is 6.42 Å². The van der Waals surface area contributed by atoms with Crippen molar-refractivity contribution in [3.63, 3.8) is 0 Å². The number of benzene rings is 1. The summed E-state index contributed by atoms with van der Waals surface area (Å²) < 4.78 is 5.39. The number of nitrogens with zero attached hydrogens (tertiary/aromatic N) is 1. The second-order valence-electron chi connectivity index (χ2n) is 5.06. The van der Waals surface area contributed by atoms with Gasteiger partial charge in [0.1, 0.15) is 5.75 Å². The fraction of sp³-hybridized carbons (Fsp3) is 0.312. The second kappa shape index (κ2) is 6.89. The number of rotatable bonds is 5. The Bertz CT molecular complexity index is 611. The highest BCUT2D eigenvalue weighted by Gasteiger charge is 2.15. The molecule has 0 spiro atoms. The summed E-state index contributed by atoms with van der Waals surface area (Å²) in [7, 11) is 1.65. The number of hydrogen-bond donors (Lipinski definition) is 2. The van der Waals surface area contributed by atoms with Crippen molar-refractivity contribution in [2.24, 2.45) is 5.84 Å². The molecule has 0 saturated heterocycles. The first kappa shape index (κ1) is 15.8. The zero-order valence-corrected chi connectivity index (χ0v) is 13.2. The van der Waals surface area contributed by atoms with Crippen LogP contribution < -0.4 is 16.0 Å². The van der Waals surface area contributed by atoms with Gasteiger partial charge in [0.05, 0.1) is 13.2 Å². The number of aromatic nitrogens is 1. The van der Waals surface area contributed by atoms with Crippen LogP contribution >= 0.6 is 11.6 Å². The van der Waals surface area contributed by atoms with Crippen molar-refractivity contribution in [2.45, 2.75) is 26.3 Å². The number of ether oxygens (including phenoxy) is 1. The van der Waals surface area contributed by atoms with Crippen LogP contribution in [0.1, 0.15) is 28.6 Å². The highest BCUT2D eigenvalue weighted by Crippen LogP contribution is 2.28. The van der Waals surface area contributed by atoms with E-state index >= 15 is 0 Å². The molecule has 0 aliphatic rings. The first-order valence-corrected chi connectivity index (χ1v) is 7.15. The first-order valence-electron chi connectivity index (χ1n) is 6.77. The van der Waals surface area contributed by atoms with E-state index in [1.807, 2.05) is 44.2 Å². The fourth-order valence-corrected chi connectivity index (χ4v) is 2.66. The van der Waals surface area contributed by atoms with E-state index in [1.54, 1.807) is 7.11 Å². The third-order valence-electron chi connectivity index (χ3n) is 3.37. The molecule has 5 heteroatoms. The summed E-state index contributed by atoms with van der Waals surface area (Å²) in [5, 5.41) is 0.684. The van der Waals surface area contributed by atoms with Crippen molar-refractivity contribution >= 4 is 11.6 Å². The van der Waals surface area contributed by atoms with Gasteiger partial charge in [0.15, 0.2) is 0 Å². The molecule has 0 aliphatic heterocycles. The van der Waals surface area contributed by atoms with E-state index in [1.165, 1.54) is 0 Å². The van der Waals surface area contributed by atoms with Crippen LogP contribution in [0, 0.1) is 13.8 Å². The second-order valence-corrected chi connectivity index (χ2v) is 5.50. The van der Waals surface area contributed by atoms with Crippen LogP contribution in [0.4, 0.5) is 0 Å². The maximum Gasteiger partial charge on any atom is 0.122 e. The molecule has 0 amide bonds. The molecular weight excluding hydrogens is 286 g/mol. The Hall–Kier alpha value is -1.62. The normalized spacial score (nSPS) is 12.2. The molecule has 2 aromatic rings. The molecule has 3 N–H and O–H groups in total. The maximum atomic E-state index is 6.08. The number of hydrogen-bond acceptors (Lipinski definition) is 4. The molecule has 1 aromatic carbocycles. The molecule has 0 radical (unpaired) electrons. The van der Waals surface area contributed by atoms with Gasteiger partial charge in [-0.1, -0.05) is 11.6 Å². The average molecular weight is 306 g/mol. The smallest absolute Gasteiger partial charge is 0.122 e. The van der Waals surface area contributed by atoms with Crippen molar-refractivity contribution in [3.8, 4) is 5.75 Å². The van der Waals surface area contributed by atoms with E-state index < -0.39 is 0 Å². The molecule has 4 nitrogen and oxygen atoms in total. The minimum absolute atomic E-state index is 0.0298. The number of nitrogens with two attached hydrogens (primary N) is 1. The lowest BCUT2D eigenvalue weighted by Gasteiger charge is -2.19. The Balaban J connectivity index is 2.32. The van der Waals surface area contributed by atoms with Gasteiger partial charge in [-0.15, -0.1) is 0 Å². The van der Waals surface area contributed by atoms with Crippen LogP contribution in [-0.4, -0.2) is 12.1 Å². The Morgan fingerprint density at radius 2 is 1.90 bits per heavy atom. The first-order chi connectivity index (χ1) is 10.0. The van der Waals surface area contributed by atoms with Gasteiger partial charge in [0, 0.05) is 16.4 Å². The van der Waals surface area contributed by atoms with Gasteiger partial charge in [-0.2, -0.15) is 0 Å². The number of methoxy groups -OCH3 is 1. The van der Waals surface area contributed by atoms with Gasteiger partial charge in [-0.3, -0.25) is 16.3 Å². The Kier molecular flexibility index (Phi) is 5.17. The van der Waals surface area contributed by atoms with Gasteiger partial charge in [0.25, 0.3) is 0 Å². The van der Waals surface area contributed by atoms with Gasteiger partial charge in [-0.05, 0) is 61.7 Å². The lowest BCUT2D eigenvalue weighted by Crippen LogP contribution is -2.30. The molecule has 0 aliphatic carbocycles. The van der Waals surface area contributed by atoms with Gasteiger partial charge in [-0.25, -0.2) is 0 Å². The van der Waals surface area contributed by atoms with Gasteiger partial charge >= 0.3 is 0 Å². The SMILES string of the molecule is COc1ccc(Cl)cc1CC(NN)c1cc(C)nc(C)c1. The zero-order valence-electron chi connectivity index (χ0n) is 12.5. The predicted octanol–water partition coefficient (Wildman–Crippen LogP) is 3.11. The summed E-state index contributed by atoms with van der Waals surface area (Å²) >= 11 is 6.08. The standard InChI is InChI=1S/C16H20ClN3O/c1-10-6-12(7-11(2)19-10)15(20-18)9-13-8-14(17)4-5-16(13)21-3/h4-8,15,20H,9,18H2,1-3H3. The highest BCUT2D eigenvalue weighted by atomic mass is 35.5. The third-order valence-corrected chi connectivity index (χ3v) is 3.61. The van der Waals surface area contributed by atoms with E-state index in [9.17, 15) is 0 Å². The molecule has 1 unspecified atom stereocenters. The molecule has 0 bridgehead atoms. The van der Waals surface area contributed by atoms with Crippen LogP contribution in [0.25, 0.3) is 0 Å². The highest BCUT2D eigenvalue weighted by molar-refractivity contribution is 6.30. The van der Waals surface area contributed by atoms with Crippen molar-refractivity contribution in [1.82, 2.24) is 10.4 Å². The average Bonchev–Trinajstić information content (AvgIpc) is 2.43. The lowest BCUT2D eigenvalue weighted by atomic mass is 9.98. The van der Waals surface area contributed by atoms with Crippen molar-refractivity contribution in [1.29, 1.82) is 0 Å². The van der Waals surface area contributed by atoms with Crippen molar-refractivity contribution in [2.75, 3.05) is 7.11 Å². The number of hydrazine groups is 1. The summed E-state index contributed by atoms with van der Waals surface area (Å²) in [4.78, 5) is 4.39. The molecule has 21 heavy (non-hydrogen) atoms. The van der Waals surface area contributed by atoms with Gasteiger partial charge < -0.3 is 4.74 Å². The zero-order chi connectivity index (χ0) is 15.4. The van der Waals surface area contributed by atoms with Crippen molar-refractivity contribution < 1.29 is 4.74 Å². The Morgan fingerprint density at radius 3 is 2.48 bits per heavy atom. The summed E-state index contributed by atoms with van der Waals surface area (Å²) in [6.07, 6.45) is 0.684. The topological polar surface area (TPSA) is 60.2 Å². The molecule has 1 aromatic heterocycles. The molecule has 0 fully saturated rings. The van der Waals surface area contributed by atoms with Crippen LogP contribution in [0.3, 0.4) is 0 Å². The fourth-order valence-electron chi connectivity index (χ4n) is 2.47. The Labute approximate surface area is 130 Å².